The van der Waals surface area contributed by atoms with Crippen LogP contribution in [0.25, 0.3) is 143 Å². The lowest BCUT2D eigenvalue weighted by atomic mass is 9.79. The quantitative estimate of drug-likeness (QED) is 0.140. The normalized spacial score (nSPS) is 12.0. The molecule has 0 aliphatic heterocycles. The van der Waals surface area contributed by atoms with E-state index in [1.165, 1.54) is 148 Å². The minimum absolute atomic E-state index is 0.0332. The molecule has 0 unspecified atom stereocenters. The van der Waals surface area contributed by atoms with Crippen molar-refractivity contribution in [2.75, 3.05) is 0 Å². The zero-order valence-electron chi connectivity index (χ0n) is 41.8. The maximum atomic E-state index is 2.51. The Morgan fingerprint density at radius 2 is 0.446 bits per heavy atom. The molecule has 0 nitrogen and oxygen atoms in total. The fourth-order valence-electron chi connectivity index (χ4n) is 12.3. The third-order valence-corrected chi connectivity index (χ3v) is 15.9. The van der Waals surface area contributed by atoms with Crippen LogP contribution in [0.5, 0.6) is 0 Å². The van der Waals surface area contributed by atoms with Crippen LogP contribution >= 0.6 is 0 Å². The summed E-state index contributed by atoms with van der Waals surface area (Å²) in [6.45, 7) is 6.89. The van der Waals surface area contributed by atoms with Crippen molar-refractivity contribution in [2.24, 2.45) is 0 Å². The van der Waals surface area contributed by atoms with Gasteiger partial charge in [0, 0.05) is 0 Å². The van der Waals surface area contributed by atoms with Gasteiger partial charge in [-0.1, -0.05) is 269 Å². The molecule has 74 heavy (non-hydrogen) atoms. The van der Waals surface area contributed by atoms with Crippen LogP contribution in [0.15, 0.2) is 261 Å². The predicted molar refractivity (Wildman–Crippen MR) is 319 cm³/mol. The van der Waals surface area contributed by atoms with E-state index < -0.39 is 0 Å². The third kappa shape index (κ3) is 7.05. The molecule has 0 saturated carbocycles. The lowest BCUT2D eigenvalue weighted by Crippen LogP contribution is -2.10. The van der Waals surface area contributed by atoms with Gasteiger partial charge in [-0.15, -0.1) is 0 Å². The number of benzene rings is 14. The molecule has 0 aliphatic carbocycles. The first-order valence-electron chi connectivity index (χ1n) is 26.0. The number of hydrogen-bond acceptors (Lipinski definition) is 0. The van der Waals surface area contributed by atoms with Crippen molar-refractivity contribution < 1.29 is 0 Å². The first-order chi connectivity index (χ1) is 36.4. The van der Waals surface area contributed by atoms with E-state index in [1.54, 1.807) is 0 Å². The Morgan fingerprint density at radius 1 is 0.189 bits per heavy atom. The average molecular weight is 941 g/mol. The van der Waals surface area contributed by atoms with Crippen LogP contribution < -0.4 is 0 Å². The molecule has 0 N–H and O–H groups in total. The number of hydrogen-bond donors (Lipinski definition) is 0. The van der Waals surface area contributed by atoms with Crippen molar-refractivity contribution in [3.63, 3.8) is 0 Å². The maximum absolute atomic E-state index is 2.51. The summed E-state index contributed by atoms with van der Waals surface area (Å²) in [5.41, 5.74) is 18.6. The van der Waals surface area contributed by atoms with E-state index in [0.29, 0.717) is 0 Å². The second kappa shape index (κ2) is 17.3. The topological polar surface area (TPSA) is 0 Å². The van der Waals surface area contributed by atoms with Crippen LogP contribution in [0.1, 0.15) is 26.3 Å². The van der Waals surface area contributed by atoms with Crippen LogP contribution in [-0.4, -0.2) is 0 Å². The zero-order chi connectivity index (χ0) is 49.5. The highest BCUT2D eigenvalue weighted by Crippen LogP contribution is 2.52. The summed E-state index contributed by atoms with van der Waals surface area (Å²) in [6.07, 6.45) is 0. The molecule has 14 aromatic rings. The smallest absolute Gasteiger partial charge is 0.00139 e. The molecule has 0 bridgehead atoms. The van der Waals surface area contributed by atoms with E-state index in [2.05, 4.69) is 282 Å². The molecular formula is C74H52. The lowest BCUT2D eigenvalue weighted by molar-refractivity contribution is 0.590. The minimum Gasteiger partial charge on any atom is -0.0622 e. The molecular weight excluding hydrogens is 889 g/mol. The number of rotatable bonds is 7. The van der Waals surface area contributed by atoms with Gasteiger partial charge in [-0.3, -0.25) is 0 Å². The van der Waals surface area contributed by atoms with Gasteiger partial charge >= 0.3 is 0 Å². The molecule has 14 rings (SSSR count). The summed E-state index contributed by atoms with van der Waals surface area (Å²) in [6, 6.07) is 97.7. The van der Waals surface area contributed by atoms with Gasteiger partial charge in [-0.2, -0.15) is 0 Å². The molecule has 0 amide bonds. The average Bonchev–Trinajstić information content (AvgIpc) is 3.55. The van der Waals surface area contributed by atoms with Crippen LogP contribution in [-0.2, 0) is 5.41 Å². The second-order valence-corrected chi connectivity index (χ2v) is 21.1. The van der Waals surface area contributed by atoms with Crippen LogP contribution in [0.2, 0.25) is 0 Å². The Morgan fingerprint density at radius 3 is 0.770 bits per heavy atom. The summed E-state index contributed by atoms with van der Waals surface area (Å²) >= 11 is 0. The van der Waals surface area contributed by atoms with E-state index in [-0.39, 0.29) is 5.41 Å². The summed E-state index contributed by atoms with van der Waals surface area (Å²) in [5.74, 6) is 0. The van der Waals surface area contributed by atoms with Crippen molar-refractivity contribution in [3.05, 3.63) is 266 Å². The highest BCUT2D eigenvalue weighted by Gasteiger charge is 2.24. The van der Waals surface area contributed by atoms with Crippen LogP contribution in [0, 0.1) is 0 Å². The van der Waals surface area contributed by atoms with E-state index in [0.717, 1.165) is 0 Å². The first-order valence-corrected chi connectivity index (χ1v) is 26.0. The minimum atomic E-state index is 0.0332. The Hall–Kier alpha value is -9.10. The van der Waals surface area contributed by atoms with Crippen molar-refractivity contribution in [1.82, 2.24) is 0 Å². The molecule has 0 atom stereocenters. The van der Waals surface area contributed by atoms with Gasteiger partial charge in [0.2, 0.25) is 0 Å². The molecule has 0 fully saturated rings. The highest BCUT2D eigenvalue weighted by atomic mass is 14.3. The van der Waals surface area contributed by atoms with E-state index >= 15 is 0 Å². The van der Waals surface area contributed by atoms with E-state index in [9.17, 15) is 0 Å². The summed E-state index contributed by atoms with van der Waals surface area (Å²) in [7, 11) is 0. The molecule has 0 spiro atoms. The van der Waals surface area contributed by atoms with Gasteiger partial charge in [-0.05, 0) is 166 Å². The Labute approximate surface area is 432 Å². The summed E-state index contributed by atoms with van der Waals surface area (Å²) < 4.78 is 0. The lowest BCUT2D eigenvalue weighted by Gasteiger charge is -2.24. The van der Waals surface area contributed by atoms with Gasteiger partial charge in [0.15, 0.2) is 0 Å². The zero-order valence-corrected chi connectivity index (χ0v) is 41.8. The summed E-state index contributed by atoms with van der Waals surface area (Å²) in [5, 5.41) is 15.1. The molecule has 0 radical (unpaired) electrons. The van der Waals surface area contributed by atoms with Gasteiger partial charge < -0.3 is 0 Å². The van der Waals surface area contributed by atoms with Crippen molar-refractivity contribution >= 4 is 64.6 Å². The fraction of sp³-hybridized carbons (Fsp3) is 0.0541. The SMILES string of the molecule is CC(C)(C)c1ccc(-c2cc(-c3ccc(-c4ccccc4)c4ccccc34)c3ccc4c(-c5ccc(-c6ccccc6)c6ccccc56)cc(-c5ccc(-c6ccccc6)c6ccccc56)c5ccc2c3c54)cc1. The standard InChI is InChI=1S/C74H52/c1-74(2,3)51-33-31-50(32-34-51)68-45-69(61-38-35-52(47-19-7-4-8-20-47)55-25-13-16-28-58(55)61)65-43-44-67-71(63-40-37-54(49-23-11-6-12-24-49)57-27-15-18-30-60(57)63)46-70(66-42-41-64(68)72(65)73(66)67)62-39-36-53(48-21-9-5-10-22-48)56-26-14-17-29-59(56)62/h4-46H,1-3H3. The molecule has 0 aromatic heterocycles. The largest absolute Gasteiger partial charge is 0.0622 e. The molecule has 0 heteroatoms. The van der Waals surface area contributed by atoms with Crippen molar-refractivity contribution in [1.29, 1.82) is 0 Å². The van der Waals surface area contributed by atoms with Crippen molar-refractivity contribution in [3.8, 4) is 77.9 Å². The van der Waals surface area contributed by atoms with E-state index in [4.69, 9.17) is 0 Å². The van der Waals surface area contributed by atoms with Gasteiger partial charge in [0.05, 0.1) is 0 Å². The van der Waals surface area contributed by atoms with Gasteiger partial charge in [-0.25, -0.2) is 0 Å². The second-order valence-electron chi connectivity index (χ2n) is 21.1. The monoisotopic (exact) mass is 940 g/mol. The molecule has 0 aliphatic rings. The van der Waals surface area contributed by atoms with Crippen LogP contribution in [0.3, 0.4) is 0 Å². The Balaban J connectivity index is 1.13. The first kappa shape index (κ1) is 43.7. The Kier molecular flexibility index (Phi) is 10.2. The van der Waals surface area contributed by atoms with Gasteiger partial charge in [0.25, 0.3) is 0 Å². The summed E-state index contributed by atoms with van der Waals surface area (Å²) in [4.78, 5) is 0. The van der Waals surface area contributed by atoms with E-state index in [1.807, 2.05) is 0 Å². The predicted octanol–water partition coefficient (Wildman–Crippen LogP) is 21.0. The Bertz CT molecular complexity index is 4320. The maximum Gasteiger partial charge on any atom is -0.00139 e. The van der Waals surface area contributed by atoms with Gasteiger partial charge in [0.1, 0.15) is 0 Å². The third-order valence-electron chi connectivity index (χ3n) is 15.9. The van der Waals surface area contributed by atoms with Crippen LogP contribution in [0.4, 0.5) is 0 Å². The molecule has 0 heterocycles. The molecule has 14 aromatic carbocycles. The molecule has 348 valence electrons. The fourth-order valence-corrected chi connectivity index (χ4v) is 12.3. The number of fused-ring (bicyclic) bond motifs is 3. The highest BCUT2D eigenvalue weighted by molar-refractivity contribution is 6.33. The molecule has 0 saturated heterocycles. The van der Waals surface area contributed by atoms with Crippen molar-refractivity contribution in [2.45, 2.75) is 26.2 Å².